The Bertz CT molecular complexity index is 831. The topological polar surface area (TPSA) is 58.2 Å². The van der Waals surface area contributed by atoms with Crippen LogP contribution in [0.3, 0.4) is 0 Å². The Morgan fingerprint density at radius 3 is 2.64 bits per heavy atom. The first kappa shape index (κ1) is 17.0. The molecule has 2 aromatic carbocycles. The van der Waals surface area contributed by atoms with Crippen LogP contribution in [-0.2, 0) is 28.6 Å². The van der Waals surface area contributed by atoms with E-state index >= 15 is 0 Å². The van der Waals surface area contributed by atoms with Crippen molar-refractivity contribution in [2.24, 2.45) is 0 Å². The molecular weight excluding hydrogens is 333 g/mol. The van der Waals surface area contributed by atoms with E-state index in [4.69, 9.17) is 0 Å². The lowest BCUT2D eigenvalue weighted by Crippen LogP contribution is -2.20. The monoisotopic (exact) mass is 348 g/mol. The van der Waals surface area contributed by atoms with Crippen molar-refractivity contribution in [1.29, 1.82) is 0 Å². The normalized spacial score (nSPS) is 13.8. The van der Waals surface area contributed by atoms with Gasteiger partial charge in [-0.25, -0.2) is 0 Å². The summed E-state index contributed by atoms with van der Waals surface area (Å²) in [4.78, 5) is 23.5. The van der Waals surface area contributed by atoms with Crippen molar-refractivity contribution in [2.45, 2.75) is 25.4 Å². The van der Waals surface area contributed by atoms with Gasteiger partial charge in [0.2, 0.25) is 11.8 Å². The van der Waals surface area contributed by atoms with Gasteiger partial charge in [-0.2, -0.15) is 13.2 Å². The summed E-state index contributed by atoms with van der Waals surface area (Å²) in [6, 6.07) is 10.0. The van der Waals surface area contributed by atoms with Gasteiger partial charge in [0.25, 0.3) is 0 Å². The first-order valence-corrected chi connectivity index (χ1v) is 7.70. The molecule has 0 unspecified atom stereocenters. The van der Waals surface area contributed by atoms with E-state index in [0.29, 0.717) is 24.1 Å². The van der Waals surface area contributed by atoms with E-state index in [0.717, 1.165) is 11.6 Å². The Morgan fingerprint density at radius 2 is 1.88 bits per heavy atom. The lowest BCUT2D eigenvalue weighted by atomic mass is 9.99. The molecule has 3 rings (SSSR count). The fraction of sp³-hybridized carbons (Fsp3) is 0.222. The standard InChI is InChI=1S/C18H15F3N2O2/c19-18(20,21)13-3-1-2-4-15(13)23-17(25)10-11-5-7-14-12(9-11)6-8-16(24)22-14/h1-5,7,9H,6,8,10H2,(H,22,24)(H,23,25). The molecule has 0 radical (unpaired) electrons. The van der Waals surface area contributed by atoms with E-state index in [1.54, 1.807) is 18.2 Å². The van der Waals surface area contributed by atoms with Gasteiger partial charge in [-0.05, 0) is 35.7 Å². The van der Waals surface area contributed by atoms with Gasteiger partial charge in [-0.1, -0.05) is 24.3 Å². The molecule has 0 fully saturated rings. The molecule has 0 bridgehead atoms. The largest absolute Gasteiger partial charge is 0.418 e. The van der Waals surface area contributed by atoms with Crippen molar-refractivity contribution in [1.82, 2.24) is 0 Å². The molecule has 7 heteroatoms. The number of rotatable bonds is 3. The van der Waals surface area contributed by atoms with E-state index in [-0.39, 0.29) is 18.0 Å². The lowest BCUT2D eigenvalue weighted by Gasteiger charge is -2.17. The Morgan fingerprint density at radius 1 is 1.12 bits per heavy atom. The summed E-state index contributed by atoms with van der Waals surface area (Å²) in [6.07, 6.45) is -3.63. The molecule has 2 N–H and O–H groups in total. The van der Waals surface area contributed by atoms with Gasteiger partial charge in [0, 0.05) is 12.1 Å². The molecule has 1 aliphatic rings. The van der Waals surface area contributed by atoms with Gasteiger partial charge < -0.3 is 10.6 Å². The van der Waals surface area contributed by atoms with Crippen LogP contribution in [0.5, 0.6) is 0 Å². The molecular formula is C18H15F3N2O2. The van der Waals surface area contributed by atoms with Crippen LogP contribution in [0.15, 0.2) is 42.5 Å². The van der Waals surface area contributed by atoms with E-state index in [1.807, 2.05) is 0 Å². The highest BCUT2D eigenvalue weighted by molar-refractivity contribution is 5.95. The number of fused-ring (bicyclic) bond motifs is 1. The summed E-state index contributed by atoms with van der Waals surface area (Å²) < 4.78 is 38.9. The van der Waals surface area contributed by atoms with E-state index in [1.165, 1.54) is 18.2 Å². The zero-order valence-corrected chi connectivity index (χ0v) is 13.1. The number of alkyl halides is 3. The third-order valence-electron chi connectivity index (χ3n) is 3.94. The van der Waals surface area contributed by atoms with Crippen LogP contribution in [-0.4, -0.2) is 11.8 Å². The van der Waals surface area contributed by atoms with Crippen LogP contribution in [0.1, 0.15) is 23.1 Å². The quantitative estimate of drug-likeness (QED) is 0.887. The minimum Gasteiger partial charge on any atom is -0.326 e. The number of nitrogens with one attached hydrogen (secondary N) is 2. The molecule has 1 heterocycles. The van der Waals surface area contributed by atoms with E-state index < -0.39 is 17.6 Å². The first-order valence-electron chi connectivity index (χ1n) is 7.70. The van der Waals surface area contributed by atoms with Crippen LogP contribution >= 0.6 is 0 Å². The molecule has 0 atom stereocenters. The van der Waals surface area contributed by atoms with Crippen molar-refractivity contribution in [3.8, 4) is 0 Å². The van der Waals surface area contributed by atoms with Crippen LogP contribution in [0.4, 0.5) is 24.5 Å². The molecule has 25 heavy (non-hydrogen) atoms. The fourth-order valence-electron chi connectivity index (χ4n) is 2.77. The summed E-state index contributed by atoms with van der Waals surface area (Å²) in [5, 5.41) is 5.06. The minimum absolute atomic E-state index is 0.0482. The molecule has 4 nitrogen and oxygen atoms in total. The third-order valence-corrected chi connectivity index (χ3v) is 3.94. The van der Waals surface area contributed by atoms with Crippen molar-refractivity contribution >= 4 is 23.2 Å². The molecule has 1 aliphatic heterocycles. The van der Waals surface area contributed by atoms with Crippen molar-refractivity contribution < 1.29 is 22.8 Å². The van der Waals surface area contributed by atoms with Crippen molar-refractivity contribution in [3.63, 3.8) is 0 Å². The number of carbonyl (C=O) groups excluding carboxylic acids is 2. The number of halogens is 3. The summed E-state index contributed by atoms with van der Waals surface area (Å²) in [7, 11) is 0. The predicted octanol–water partition coefficient (Wildman–Crippen LogP) is 3.77. The summed E-state index contributed by atoms with van der Waals surface area (Å²) in [6.45, 7) is 0. The Labute approximate surface area is 142 Å². The number of anilines is 2. The van der Waals surface area contributed by atoms with Crippen molar-refractivity contribution in [3.05, 3.63) is 59.2 Å². The molecule has 0 spiro atoms. The zero-order valence-electron chi connectivity index (χ0n) is 13.1. The van der Waals surface area contributed by atoms with Gasteiger partial charge >= 0.3 is 6.18 Å². The number of hydrogen-bond donors (Lipinski definition) is 2. The number of aryl methyl sites for hydroxylation is 1. The fourth-order valence-corrected chi connectivity index (χ4v) is 2.77. The Kier molecular flexibility index (Phi) is 4.48. The average Bonchev–Trinajstić information content (AvgIpc) is 2.54. The lowest BCUT2D eigenvalue weighted by molar-refractivity contribution is -0.137. The molecule has 0 saturated carbocycles. The second kappa shape index (κ2) is 6.58. The number of hydrogen-bond acceptors (Lipinski definition) is 2. The second-order valence-electron chi connectivity index (χ2n) is 5.81. The van der Waals surface area contributed by atoms with Crippen molar-refractivity contribution in [2.75, 3.05) is 10.6 Å². The summed E-state index contributed by atoms with van der Waals surface area (Å²) in [5.41, 5.74) is 1.17. The van der Waals surface area contributed by atoms with E-state index in [2.05, 4.69) is 10.6 Å². The maximum absolute atomic E-state index is 13.0. The maximum atomic E-state index is 13.0. The molecule has 0 saturated heterocycles. The second-order valence-corrected chi connectivity index (χ2v) is 5.81. The average molecular weight is 348 g/mol. The summed E-state index contributed by atoms with van der Waals surface area (Å²) >= 11 is 0. The smallest absolute Gasteiger partial charge is 0.326 e. The van der Waals surface area contributed by atoms with E-state index in [9.17, 15) is 22.8 Å². The molecule has 0 aromatic heterocycles. The highest BCUT2D eigenvalue weighted by atomic mass is 19.4. The van der Waals surface area contributed by atoms with Gasteiger partial charge in [0.1, 0.15) is 0 Å². The van der Waals surface area contributed by atoms with Gasteiger partial charge in [0.15, 0.2) is 0 Å². The van der Waals surface area contributed by atoms with Crippen LogP contribution in [0.25, 0.3) is 0 Å². The minimum atomic E-state index is -4.53. The number of amides is 2. The highest BCUT2D eigenvalue weighted by Crippen LogP contribution is 2.34. The highest BCUT2D eigenvalue weighted by Gasteiger charge is 2.33. The number of para-hydroxylation sites is 1. The third kappa shape index (κ3) is 3.99. The molecule has 2 amide bonds. The van der Waals surface area contributed by atoms with Gasteiger partial charge in [-0.15, -0.1) is 0 Å². The zero-order chi connectivity index (χ0) is 18.0. The Balaban J connectivity index is 1.73. The SMILES string of the molecule is O=C1CCc2cc(CC(=O)Nc3ccccc3C(F)(F)F)ccc2N1. The van der Waals surface area contributed by atoms with Gasteiger partial charge in [-0.3, -0.25) is 9.59 Å². The number of benzene rings is 2. The molecule has 0 aliphatic carbocycles. The summed E-state index contributed by atoms with van der Waals surface area (Å²) in [5.74, 6) is -0.585. The first-order chi connectivity index (χ1) is 11.8. The van der Waals surface area contributed by atoms with Crippen LogP contribution in [0.2, 0.25) is 0 Å². The molecule has 130 valence electrons. The predicted molar refractivity (Wildman–Crippen MR) is 87.2 cm³/mol. The van der Waals surface area contributed by atoms with Crippen LogP contribution < -0.4 is 10.6 Å². The van der Waals surface area contributed by atoms with Gasteiger partial charge in [0.05, 0.1) is 17.7 Å². The van der Waals surface area contributed by atoms with Crippen LogP contribution in [0, 0.1) is 0 Å². The Hall–Kier alpha value is -2.83. The maximum Gasteiger partial charge on any atom is 0.418 e. The molecule has 2 aromatic rings. The number of carbonyl (C=O) groups is 2.